The van der Waals surface area contributed by atoms with E-state index in [0.717, 1.165) is 44.9 Å². The molecule has 0 bridgehead atoms. The maximum Gasteiger partial charge on any atom is 0.0897 e. The third-order valence-electron chi connectivity index (χ3n) is 4.48. The fourth-order valence-corrected chi connectivity index (χ4v) is 3.26. The van der Waals surface area contributed by atoms with E-state index >= 15 is 0 Å². The largest absolute Gasteiger partial charge is 0.389 e. The van der Waals surface area contributed by atoms with E-state index < -0.39 is 6.10 Å². The molecular weight excluding hydrogens is 254 g/mol. The van der Waals surface area contributed by atoms with Gasteiger partial charge in [-0.3, -0.25) is 0 Å². The molecule has 0 spiro atoms. The highest BCUT2D eigenvalue weighted by atomic mass is 16.5. The van der Waals surface area contributed by atoms with Crippen LogP contribution in [0.4, 0.5) is 0 Å². The molecule has 1 aliphatic carbocycles. The Morgan fingerprint density at radius 3 is 2.95 bits per heavy atom. The molecule has 0 aromatic heterocycles. The third-order valence-corrected chi connectivity index (χ3v) is 4.48. The topological polar surface area (TPSA) is 50.7 Å². The van der Waals surface area contributed by atoms with Crippen LogP contribution in [0.15, 0.2) is 0 Å². The molecule has 0 amide bonds. The first-order chi connectivity index (χ1) is 9.74. The van der Waals surface area contributed by atoms with E-state index in [4.69, 9.17) is 9.47 Å². The van der Waals surface area contributed by atoms with E-state index in [0.29, 0.717) is 25.2 Å². The molecule has 4 unspecified atom stereocenters. The Morgan fingerprint density at radius 1 is 1.30 bits per heavy atom. The minimum atomic E-state index is -0.392. The van der Waals surface area contributed by atoms with Crippen LogP contribution in [0.3, 0.4) is 0 Å². The van der Waals surface area contributed by atoms with Gasteiger partial charge in [0.05, 0.1) is 25.4 Å². The lowest BCUT2D eigenvalue weighted by Gasteiger charge is -2.28. The van der Waals surface area contributed by atoms with Gasteiger partial charge in [-0.05, 0) is 37.5 Å². The Hall–Kier alpha value is -0.160. The van der Waals surface area contributed by atoms with Crippen molar-refractivity contribution in [2.75, 3.05) is 32.9 Å². The van der Waals surface area contributed by atoms with E-state index in [9.17, 15) is 5.11 Å². The molecular formula is C16H31NO3. The van der Waals surface area contributed by atoms with Gasteiger partial charge in [-0.25, -0.2) is 0 Å². The van der Waals surface area contributed by atoms with Crippen LogP contribution in [-0.4, -0.2) is 50.2 Å². The summed E-state index contributed by atoms with van der Waals surface area (Å²) in [4.78, 5) is 0. The molecule has 2 aliphatic rings. The summed E-state index contributed by atoms with van der Waals surface area (Å²) in [6.07, 6.45) is 7.27. The lowest BCUT2D eigenvalue weighted by molar-refractivity contribution is -0.0312. The van der Waals surface area contributed by atoms with Gasteiger partial charge in [0.15, 0.2) is 0 Å². The smallest absolute Gasteiger partial charge is 0.0897 e. The quantitative estimate of drug-likeness (QED) is 0.751. The highest BCUT2D eigenvalue weighted by Crippen LogP contribution is 2.25. The summed E-state index contributed by atoms with van der Waals surface area (Å²) < 4.78 is 11.3. The van der Waals surface area contributed by atoms with E-state index in [2.05, 4.69) is 12.2 Å². The summed E-state index contributed by atoms with van der Waals surface area (Å²) in [5, 5.41) is 13.3. The average Bonchev–Trinajstić information content (AvgIpc) is 2.46. The first-order valence-corrected chi connectivity index (χ1v) is 8.32. The van der Waals surface area contributed by atoms with E-state index in [1.807, 2.05) is 0 Å². The highest BCUT2D eigenvalue weighted by Gasteiger charge is 2.20. The van der Waals surface area contributed by atoms with Gasteiger partial charge in [0, 0.05) is 19.7 Å². The molecule has 1 heterocycles. The Kier molecular flexibility index (Phi) is 7.28. The molecule has 20 heavy (non-hydrogen) atoms. The molecule has 2 N–H and O–H groups in total. The van der Waals surface area contributed by atoms with Crippen LogP contribution in [0.1, 0.15) is 45.4 Å². The summed E-state index contributed by atoms with van der Waals surface area (Å²) in [6.45, 7) is 6.09. The summed E-state index contributed by atoms with van der Waals surface area (Å²) in [5.74, 6) is 1.38. The molecule has 0 radical (unpaired) electrons. The maximum absolute atomic E-state index is 9.96. The molecule has 1 aliphatic heterocycles. The van der Waals surface area contributed by atoms with Crippen molar-refractivity contribution in [2.24, 2.45) is 11.8 Å². The predicted octanol–water partition coefficient (Wildman–Crippen LogP) is 1.96. The molecule has 4 nitrogen and oxygen atoms in total. The molecule has 118 valence electrons. The highest BCUT2D eigenvalue weighted by molar-refractivity contribution is 4.72. The number of hydrogen-bond donors (Lipinski definition) is 2. The van der Waals surface area contributed by atoms with Gasteiger partial charge in [0.1, 0.15) is 0 Å². The Morgan fingerprint density at radius 2 is 2.20 bits per heavy atom. The SMILES string of the molecule is CC1CCCC(OCC(O)CNCC2CCCOC2)C1. The summed E-state index contributed by atoms with van der Waals surface area (Å²) in [6, 6.07) is 0. The first-order valence-electron chi connectivity index (χ1n) is 8.32. The second-order valence-corrected chi connectivity index (χ2v) is 6.62. The zero-order valence-electron chi connectivity index (χ0n) is 12.9. The van der Waals surface area contributed by atoms with Crippen LogP contribution >= 0.6 is 0 Å². The Balaban J connectivity index is 1.50. The summed E-state index contributed by atoms with van der Waals surface area (Å²) in [7, 11) is 0. The zero-order chi connectivity index (χ0) is 14.2. The van der Waals surface area contributed by atoms with Crippen molar-refractivity contribution >= 4 is 0 Å². The summed E-state index contributed by atoms with van der Waals surface area (Å²) in [5.41, 5.74) is 0. The zero-order valence-corrected chi connectivity index (χ0v) is 12.9. The van der Waals surface area contributed by atoms with Gasteiger partial charge >= 0.3 is 0 Å². The molecule has 2 fully saturated rings. The monoisotopic (exact) mass is 285 g/mol. The standard InChI is InChI=1S/C16H31NO3/c1-13-4-2-6-16(8-13)20-12-15(18)10-17-9-14-5-3-7-19-11-14/h13-18H,2-12H2,1H3. The minimum Gasteiger partial charge on any atom is -0.389 e. The van der Waals surface area contributed by atoms with Crippen molar-refractivity contribution in [3.8, 4) is 0 Å². The van der Waals surface area contributed by atoms with Crippen molar-refractivity contribution in [3.05, 3.63) is 0 Å². The number of aliphatic hydroxyl groups excluding tert-OH is 1. The van der Waals surface area contributed by atoms with E-state index in [1.54, 1.807) is 0 Å². The van der Waals surface area contributed by atoms with Gasteiger partial charge in [0.2, 0.25) is 0 Å². The van der Waals surface area contributed by atoms with Gasteiger partial charge in [-0.2, -0.15) is 0 Å². The van der Waals surface area contributed by atoms with Gasteiger partial charge in [-0.1, -0.05) is 19.8 Å². The van der Waals surface area contributed by atoms with E-state index in [1.165, 1.54) is 19.3 Å². The van der Waals surface area contributed by atoms with Crippen LogP contribution in [0.25, 0.3) is 0 Å². The molecule has 0 aromatic carbocycles. The lowest BCUT2D eigenvalue weighted by Crippen LogP contribution is -2.36. The minimum absolute atomic E-state index is 0.361. The second kappa shape index (κ2) is 8.98. The first kappa shape index (κ1) is 16.2. The number of aliphatic hydroxyl groups is 1. The fourth-order valence-electron chi connectivity index (χ4n) is 3.26. The summed E-state index contributed by atoms with van der Waals surface area (Å²) >= 11 is 0. The van der Waals surface area contributed by atoms with E-state index in [-0.39, 0.29) is 0 Å². The van der Waals surface area contributed by atoms with Crippen LogP contribution < -0.4 is 5.32 Å². The lowest BCUT2D eigenvalue weighted by atomic mass is 9.89. The van der Waals surface area contributed by atoms with Crippen LogP contribution in [-0.2, 0) is 9.47 Å². The predicted molar refractivity (Wildman–Crippen MR) is 79.8 cm³/mol. The number of nitrogens with one attached hydrogen (secondary N) is 1. The van der Waals surface area contributed by atoms with Crippen LogP contribution in [0.5, 0.6) is 0 Å². The normalized spacial score (nSPS) is 33.0. The van der Waals surface area contributed by atoms with Crippen molar-refractivity contribution < 1.29 is 14.6 Å². The van der Waals surface area contributed by atoms with Crippen molar-refractivity contribution in [3.63, 3.8) is 0 Å². The van der Waals surface area contributed by atoms with Crippen molar-refractivity contribution in [1.82, 2.24) is 5.32 Å². The molecule has 4 heteroatoms. The van der Waals surface area contributed by atoms with Gasteiger partial charge < -0.3 is 19.9 Å². The van der Waals surface area contributed by atoms with Crippen molar-refractivity contribution in [2.45, 2.75) is 57.7 Å². The Bertz CT molecular complexity index is 256. The van der Waals surface area contributed by atoms with Gasteiger partial charge in [-0.15, -0.1) is 0 Å². The second-order valence-electron chi connectivity index (χ2n) is 6.62. The molecule has 1 saturated heterocycles. The maximum atomic E-state index is 9.96. The van der Waals surface area contributed by atoms with Crippen LogP contribution in [0.2, 0.25) is 0 Å². The number of rotatable bonds is 7. The average molecular weight is 285 g/mol. The molecule has 2 rings (SSSR count). The number of ether oxygens (including phenoxy) is 2. The Labute approximate surface area is 123 Å². The molecule has 0 aromatic rings. The van der Waals surface area contributed by atoms with Crippen LogP contribution in [0, 0.1) is 11.8 Å². The van der Waals surface area contributed by atoms with Gasteiger partial charge in [0.25, 0.3) is 0 Å². The fraction of sp³-hybridized carbons (Fsp3) is 1.00. The third kappa shape index (κ3) is 6.08. The molecule has 4 atom stereocenters. The molecule has 1 saturated carbocycles. The number of hydrogen-bond acceptors (Lipinski definition) is 4. The van der Waals surface area contributed by atoms with Crippen molar-refractivity contribution in [1.29, 1.82) is 0 Å².